The Balaban J connectivity index is 3.86. The quantitative estimate of drug-likeness (QED) is 0.0837. The molecule has 0 aliphatic heterocycles. The summed E-state index contributed by atoms with van der Waals surface area (Å²) in [6, 6.07) is 0. The molecule has 0 aromatic rings. The molecule has 2 heteroatoms. The van der Waals surface area contributed by atoms with Gasteiger partial charge in [0, 0.05) is 13.2 Å². The topological polar surface area (TPSA) is 18.5 Å². The van der Waals surface area contributed by atoms with E-state index in [0.717, 1.165) is 19.8 Å². The predicted octanol–water partition coefficient (Wildman–Crippen LogP) is 12.0. The minimum Gasteiger partial charge on any atom is -0.379 e. The highest BCUT2D eigenvalue weighted by Gasteiger charge is 2.09. The molecule has 0 aliphatic rings. The standard InChI is InChI=1S/C34H70O2/c1-4-7-10-13-16-19-20-21-24-27-30-34(36-32-29-26-23-18-15-12-9-6-3)33-35-31-28-25-22-17-14-11-8-5-2/h34H,4-33H2,1-3H3. The number of rotatable bonds is 32. The monoisotopic (exact) mass is 511 g/mol. The van der Waals surface area contributed by atoms with E-state index < -0.39 is 0 Å². The first-order valence-corrected chi connectivity index (χ1v) is 17.0. The highest BCUT2D eigenvalue weighted by atomic mass is 16.5. The van der Waals surface area contributed by atoms with E-state index in [9.17, 15) is 0 Å². The summed E-state index contributed by atoms with van der Waals surface area (Å²) in [6.07, 6.45) is 37.4. The van der Waals surface area contributed by atoms with Crippen LogP contribution in [0.2, 0.25) is 0 Å². The molecule has 0 rings (SSSR count). The van der Waals surface area contributed by atoms with Crippen LogP contribution in [0, 0.1) is 0 Å². The van der Waals surface area contributed by atoms with Crippen molar-refractivity contribution in [2.45, 2.75) is 200 Å². The van der Waals surface area contributed by atoms with E-state index in [0.29, 0.717) is 6.10 Å². The zero-order chi connectivity index (χ0) is 26.2. The fourth-order valence-electron chi connectivity index (χ4n) is 5.11. The maximum absolute atomic E-state index is 6.33. The number of hydrogen-bond acceptors (Lipinski definition) is 2. The second-order valence-electron chi connectivity index (χ2n) is 11.5. The minimum absolute atomic E-state index is 0.317. The minimum atomic E-state index is 0.317. The van der Waals surface area contributed by atoms with Crippen LogP contribution in [-0.2, 0) is 9.47 Å². The van der Waals surface area contributed by atoms with Gasteiger partial charge in [0.05, 0.1) is 12.7 Å². The normalized spacial score (nSPS) is 12.4. The van der Waals surface area contributed by atoms with Gasteiger partial charge in [-0.15, -0.1) is 0 Å². The van der Waals surface area contributed by atoms with Crippen molar-refractivity contribution >= 4 is 0 Å². The van der Waals surface area contributed by atoms with Crippen molar-refractivity contribution < 1.29 is 9.47 Å². The third-order valence-corrected chi connectivity index (χ3v) is 7.68. The molecule has 36 heavy (non-hydrogen) atoms. The first-order valence-electron chi connectivity index (χ1n) is 17.0. The van der Waals surface area contributed by atoms with Gasteiger partial charge in [0.1, 0.15) is 0 Å². The summed E-state index contributed by atoms with van der Waals surface area (Å²) in [6.45, 7) is 9.55. The summed E-state index contributed by atoms with van der Waals surface area (Å²) in [5.41, 5.74) is 0. The molecule has 0 radical (unpaired) electrons. The molecule has 1 atom stereocenters. The number of ether oxygens (including phenoxy) is 2. The van der Waals surface area contributed by atoms with E-state index in [2.05, 4.69) is 20.8 Å². The van der Waals surface area contributed by atoms with Crippen LogP contribution in [0.3, 0.4) is 0 Å². The van der Waals surface area contributed by atoms with Gasteiger partial charge in [-0.2, -0.15) is 0 Å². The Kier molecular flexibility index (Phi) is 32.9. The maximum Gasteiger partial charge on any atom is 0.0808 e. The molecule has 2 nitrogen and oxygen atoms in total. The summed E-state index contributed by atoms with van der Waals surface area (Å²) in [7, 11) is 0. The second kappa shape index (κ2) is 32.9. The van der Waals surface area contributed by atoms with Crippen LogP contribution in [0.25, 0.3) is 0 Å². The summed E-state index contributed by atoms with van der Waals surface area (Å²) in [4.78, 5) is 0. The SMILES string of the molecule is CCCCCCCCCCCCC(COCCCCCCCCCC)OCCCCCCCCCC. The smallest absolute Gasteiger partial charge is 0.0808 e. The van der Waals surface area contributed by atoms with Crippen molar-refractivity contribution in [3.63, 3.8) is 0 Å². The largest absolute Gasteiger partial charge is 0.379 e. The van der Waals surface area contributed by atoms with E-state index in [1.54, 1.807) is 0 Å². The van der Waals surface area contributed by atoms with Crippen LogP contribution in [0.1, 0.15) is 194 Å². The second-order valence-corrected chi connectivity index (χ2v) is 11.5. The van der Waals surface area contributed by atoms with Crippen molar-refractivity contribution in [2.75, 3.05) is 19.8 Å². The molecule has 0 saturated carbocycles. The van der Waals surface area contributed by atoms with Crippen LogP contribution < -0.4 is 0 Å². The molecule has 0 amide bonds. The lowest BCUT2D eigenvalue weighted by molar-refractivity contribution is -0.0235. The molecule has 0 fully saturated rings. The molecular formula is C34H70O2. The van der Waals surface area contributed by atoms with Gasteiger partial charge in [-0.25, -0.2) is 0 Å². The van der Waals surface area contributed by atoms with Gasteiger partial charge in [0.15, 0.2) is 0 Å². The van der Waals surface area contributed by atoms with Crippen LogP contribution in [0.4, 0.5) is 0 Å². The highest BCUT2D eigenvalue weighted by molar-refractivity contribution is 4.59. The lowest BCUT2D eigenvalue weighted by Crippen LogP contribution is -2.21. The van der Waals surface area contributed by atoms with Crippen LogP contribution >= 0.6 is 0 Å². The summed E-state index contributed by atoms with van der Waals surface area (Å²) < 4.78 is 12.4. The molecule has 0 spiro atoms. The predicted molar refractivity (Wildman–Crippen MR) is 162 cm³/mol. The van der Waals surface area contributed by atoms with Gasteiger partial charge in [-0.3, -0.25) is 0 Å². The molecule has 0 heterocycles. The lowest BCUT2D eigenvalue weighted by Gasteiger charge is -2.18. The van der Waals surface area contributed by atoms with Gasteiger partial charge in [-0.1, -0.05) is 175 Å². The molecule has 0 aliphatic carbocycles. The Hall–Kier alpha value is -0.0800. The first-order chi connectivity index (χ1) is 17.8. The fraction of sp³-hybridized carbons (Fsp3) is 1.00. The van der Waals surface area contributed by atoms with E-state index in [4.69, 9.17) is 9.47 Å². The Morgan fingerprint density at radius 3 is 1.11 bits per heavy atom. The molecule has 0 bridgehead atoms. The van der Waals surface area contributed by atoms with E-state index in [-0.39, 0.29) is 0 Å². The zero-order valence-electron chi connectivity index (χ0n) is 25.6. The van der Waals surface area contributed by atoms with Crippen molar-refractivity contribution in [2.24, 2.45) is 0 Å². The van der Waals surface area contributed by atoms with Gasteiger partial charge in [0.25, 0.3) is 0 Å². The lowest BCUT2D eigenvalue weighted by atomic mass is 10.0. The molecular weight excluding hydrogens is 440 g/mol. The number of unbranched alkanes of at least 4 members (excludes halogenated alkanes) is 23. The zero-order valence-corrected chi connectivity index (χ0v) is 25.6. The Morgan fingerprint density at radius 1 is 0.361 bits per heavy atom. The van der Waals surface area contributed by atoms with Gasteiger partial charge in [0.2, 0.25) is 0 Å². The Labute approximate surface area is 229 Å². The summed E-state index contributed by atoms with van der Waals surface area (Å²) >= 11 is 0. The molecule has 0 aromatic heterocycles. The number of hydrogen-bond donors (Lipinski definition) is 0. The molecule has 0 aromatic carbocycles. The van der Waals surface area contributed by atoms with Crippen molar-refractivity contribution in [1.29, 1.82) is 0 Å². The average Bonchev–Trinajstić information content (AvgIpc) is 2.89. The van der Waals surface area contributed by atoms with E-state index in [1.165, 1.54) is 173 Å². The van der Waals surface area contributed by atoms with Gasteiger partial charge < -0.3 is 9.47 Å². The summed E-state index contributed by atoms with van der Waals surface area (Å²) in [5, 5.41) is 0. The third kappa shape index (κ3) is 30.1. The van der Waals surface area contributed by atoms with Crippen molar-refractivity contribution in [1.82, 2.24) is 0 Å². The van der Waals surface area contributed by atoms with Crippen molar-refractivity contribution in [3.8, 4) is 0 Å². The van der Waals surface area contributed by atoms with Crippen LogP contribution in [0.5, 0.6) is 0 Å². The van der Waals surface area contributed by atoms with Gasteiger partial charge in [-0.05, 0) is 19.3 Å². The molecule has 218 valence electrons. The Morgan fingerprint density at radius 2 is 0.694 bits per heavy atom. The fourth-order valence-corrected chi connectivity index (χ4v) is 5.11. The summed E-state index contributed by atoms with van der Waals surface area (Å²) in [5.74, 6) is 0. The third-order valence-electron chi connectivity index (χ3n) is 7.68. The van der Waals surface area contributed by atoms with Crippen LogP contribution in [0.15, 0.2) is 0 Å². The van der Waals surface area contributed by atoms with Crippen molar-refractivity contribution in [3.05, 3.63) is 0 Å². The van der Waals surface area contributed by atoms with Gasteiger partial charge >= 0.3 is 0 Å². The average molecular weight is 511 g/mol. The van der Waals surface area contributed by atoms with E-state index >= 15 is 0 Å². The maximum atomic E-state index is 6.33. The first kappa shape index (κ1) is 35.9. The molecule has 0 N–H and O–H groups in total. The Bertz CT molecular complexity index is 346. The van der Waals surface area contributed by atoms with Crippen LogP contribution in [-0.4, -0.2) is 25.9 Å². The molecule has 0 saturated heterocycles. The molecule has 1 unspecified atom stereocenters. The van der Waals surface area contributed by atoms with E-state index in [1.807, 2.05) is 0 Å². The highest BCUT2D eigenvalue weighted by Crippen LogP contribution is 2.15.